The average molecular weight is 193 g/mol. The Hall–Kier alpha value is -1.42. The lowest BCUT2D eigenvalue weighted by Gasteiger charge is -2.03. The molecule has 1 aromatic rings. The quantitative estimate of drug-likeness (QED) is 0.662. The van der Waals surface area contributed by atoms with Crippen molar-refractivity contribution in [3.8, 4) is 0 Å². The van der Waals surface area contributed by atoms with Gasteiger partial charge in [0.2, 0.25) is 5.91 Å². The second-order valence-electron chi connectivity index (χ2n) is 2.96. The van der Waals surface area contributed by atoms with E-state index in [0.717, 1.165) is 12.1 Å². The van der Waals surface area contributed by atoms with Gasteiger partial charge in [-0.2, -0.15) is 0 Å². The molecule has 0 saturated heterocycles. The monoisotopic (exact) mass is 193 g/mol. The number of hydrogen-bond donors (Lipinski definition) is 2. The predicted molar refractivity (Wildman–Crippen MR) is 54.6 cm³/mol. The van der Waals surface area contributed by atoms with E-state index >= 15 is 0 Å². The number of hydrogen-bond acceptors (Lipinski definition) is 3. The minimum Gasteiger partial charge on any atom is -0.359 e. The van der Waals surface area contributed by atoms with Crippen molar-refractivity contribution in [3.05, 3.63) is 30.1 Å². The van der Waals surface area contributed by atoms with Gasteiger partial charge in [-0.3, -0.25) is 9.78 Å². The van der Waals surface area contributed by atoms with Gasteiger partial charge in [-0.05, 0) is 11.6 Å². The third-order valence-corrected chi connectivity index (χ3v) is 1.86. The number of nitrogens with one attached hydrogen (secondary N) is 2. The normalized spacial score (nSPS) is 9.79. The molecule has 1 heterocycles. The van der Waals surface area contributed by atoms with Gasteiger partial charge in [0.15, 0.2) is 0 Å². The number of nitrogens with zero attached hydrogens (tertiary/aromatic N) is 1. The van der Waals surface area contributed by atoms with E-state index in [4.69, 9.17) is 0 Å². The molecule has 1 aromatic heterocycles. The summed E-state index contributed by atoms with van der Waals surface area (Å²) in [5.74, 6) is 0.0590. The molecule has 0 atom stereocenters. The molecule has 4 heteroatoms. The summed E-state index contributed by atoms with van der Waals surface area (Å²) >= 11 is 0. The Kier molecular flexibility index (Phi) is 4.64. The van der Waals surface area contributed by atoms with E-state index in [2.05, 4.69) is 15.6 Å². The van der Waals surface area contributed by atoms with Crippen molar-refractivity contribution >= 4 is 5.91 Å². The molecule has 0 radical (unpaired) electrons. The fourth-order valence-electron chi connectivity index (χ4n) is 1.06. The number of amides is 1. The van der Waals surface area contributed by atoms with Gasteiger partial charge in [0, 0.05) is 39.0 Å². The van der Waals surface area contributed by atoms with Gasteiger partial charge in [0.1, 0.15) is 0 Å². The summed E-state index contributed by atoms with van der Waals surface area (Å²) in [4.78, 5) is 14.9. The molecule has 0 saturated carbocycles. The molecular weight excluding hydrogens is 178 g/mol. The van der Waals surface area contributed by atoms with Gasteiger partial charge in [0.05, 0.1) is 0 Å². The first-order chi connectivity index (χ1) is 6.83. The van der Waals surface area contributed by atoms with Crippen molar-refractivity contribution in [2.75, 3.05) is 13.6 Å². The van der Waals surface area contributed by atoms with Gasteiger partial charge in [-0.1, -0.05) is 6.07 Å². The van der Waals surface area contributed by atoms with Crippen LogP contribution >= 0.6 is 0 Å². The molecule has 1 amide bonds. The van der Waals surface area contributed by atoms with Crippen LogP contribution in [-0.4, -0.2) is 24.5 Å². The number of pyridine rings is 1. The highest BCUT2D eigenvalue weighted by molar-refractivity contribution is 5.75. The number of carbonyl (C=O) groups excluding carboxylic acids is 1. The van der Waals surface area contributed by atoms with E-state index in [1.54, 1.807) is 13.2 Å². The second-order valence-corrected chi connectivity index (χ2v) is 2.96. The molecule has 2 N–H and O–H groups in total. The van der Waals surface area contributed by atoms with Gasteiger partial charge < -0.3 is 10.6 Å². The zero-order valence-corrected chi connectivity index (χ0v) is 8.29. The minimum atomic E-state index is 0.0590. The van der Waals surface area contributed by atoms with Crippen molar-refractivity contribution in [1.82, 2.24) is 15.6 Å². The molecule has 0 unspecified atom stereocenters. The van der Waals surface area contributed by atoms with Gasteiger partial charge >= 0.3 is 0 Å². The van der Waals surface area contributed by atoms with Crippen molar-refractivity contribution < 1.29 is 4.79 Å². The van der Waals surface area contributed by atoms with E-state index < -0.39 is 0 Å². The van der Waals surface area contributed by atoms with E-state index in [-0.39, 0.29) is 5.91 Å². The maximum atomic E-state index is 10.9. The summed E-state index contributed by atoms with van der Waals surface area (Å²) in [6.07, 6.45) is 4.07. The maximum Gasteiger partial charge on any atom is 0.221 e. The average Bonchev–Trinajstić information content (AvgIpc) is 2.25. The Morgan fingerprint density at radius 1 is 1.57 bits per heavy atom. The van der Waals surface area contributed by atoms with E-state index in [1.165, 1.54) is 0 Å². The Labute approximate surface area is 83.7 Å². The molecule has 0 spiro atoms. The molecule has 1 rings (SSSR count). The van der Waals surface area contributed by atoms with Crippen LogP contribution in [0, 0.1) is 0 Å². The van der Waals surface area contributed by atoms with Crippen LogP contribution in [0.4, 0.5) is 0 Å². The van der Waals surface area contributed by atoms with Gasteiger partial charge in [0.25, 0.3) is 0 Å². The fraction of sp³-hybridized carbons (Fsp3) is 0.400. The summed E-state index contributed by atoms with van der Waals surface area (Å²) in [5.41, 5.74) is 1.13. The molecule has 0 aliphatic heterocycles. The Balaban J connectivity index is 2.13. The number of carbonyl (C=O) groups is 1. The highest BCUT2D eigenvalue weighted by Gasteiger charge is 1.96. The lowest BCUT2D eigenvalue weighted by Crippen LogP contribution is -2.24. The van der Waals surface area contributed by atoms with Crippen molar-refractivity contribution in [3.63, 3.8) is 0 Å². The molecule has 4 nitrogen and oxygen atoms in total. The topological polar surface area (TPSA) is 54.0 Å². The Bertz CT molecular complexity index is 274. The zero-order valence-electron chi connectivity index (χ0n) is 8.29. The Morgan fingerprint density at radius 3 is 3.07 bits per heavy atom. The highest BCUT2D eigenvalue weighted by atomic mass is 16.1. The largest absolute Gasteiger partial charge is 0.359 e. The third-order valence-electron chi connectivity index (χ3n) is 1.86. The van der Waals surface area contributed by atoms with E-state index in [0.29, 0.717) is 13.0 Å². The molecule has 0 bridgehead atoms. The highest BCUT2D eigenvalue weighted by Crippen LogP contribution is 1.93. The fourth-order valence-corrected chi connectivity index (χ4v) is 1.06. The maximum absolute atomic E-state index is 10.9. The van der Waals surface area contributed by atoms with Crippen molar-refractivity contribution in [1.29, 1.82) is 0 Å². The van der Waals surface area contributed by atoms with E-state index in [9.17, 15) is 4.79 Å². The Morgan fingerprint density at radius 2 is 2.43 bits per heavy atom. The molecule has 0 fully saturated rings. The van der Waals surface area contributed by atoms with Crippen LogP contribution in [0.5, 0.6) is 0 Å². The molecule has 0 aliphatic carbocycles. The smallest absolute Gasteiger partial charge is 0.221 e. The third kappa shape index (κ3) is 4.00. The van der Waals surface area contributed by atoms with Crippen LogP contribution in [-0.2, 0) is 11.3 Å². The van der Waals surface area contributed by atoms with Crippen LogP contribution in [0.3, 0.4) is 0 Å². The predicted octanol–water partition coefficient (Wildman–Crippen LogP) is 0.307. The van der Waals surface area contributed by atoms with Crippen molar-refractivity contribution in [2.24, 2.45) is 0 Å². The van der Waals surface area contributed by atoms with Crippen LogP contribution < -0.4 is 10.6 Å². The summed E-state index contributed by atoms with van der Waals surface area (Å²) < 4.78 is 0. The minimum absolute atomic E-state index is 0.0590. The van der Waals surface area contributed by atoms with Crippen molar-refractivity contribution in [2.45, 2.75) is 13.0 Å². The molecular formula is C10H15N3O. The summed E-state index contributed by atoms with van der Waals surface area (Å²) in [6, 6.07) is 3.90. The first-order valence-electron chi connectivity index (χ1n) is 4.63. The van der Waals surface area contributed by atoms with Gasteiger partial charge in [-0.15, -0.1) is 0 Å². The van der Waals surface area contributed by atoms with Crippen LogP contribution in [0.2, 0.25) is 0 Å². The van der Waals surface area contributed by atoms with E-state index in [1.807, 2.05) is 18.3 Å². The zero-order chi connectivity index (χ0) is 10.2. The lowest BCUT2D eigenvalue weighted by molar-refractivity contribution is -0.120. The molecule has 14 heavy (non-hydrogen) atoms. The van der Waals surface area contributed by atoms with Gasteiger partial charge in [-0.25, -0.2) is 0 Å². The summed E-state index contributed by atoms with van der Waals surface area (Å²) in [6.45, 7) is 1.44. The number of aromatic nitrogens is 1. The van der Waals surface area contributed by atoms with Crippen LogP contribution in [0.25, 0.3) is 0 Å². The standard InChI is InChI=1S/C10H15N3O/c1-11-10(14)4-6-13-8-9-3-2-5-12-7-9/h2-3,5,7,13H,4,6,8H2,1H3,(H,11,14). The summed E-state index contributed by atoms with van der Waals surface area (Å²) in [5, 5.41) is 5.74. The molecule has 0 aromatic carbocycles. The SMILES string of the molecule is CNC(=O)CCNCc1cccnc1. The second kappa shape index (κ2) is 6.10. The molecule has 76 valence electrons. The summed E-state index contributed by atoms with van der Waals surface area (Å²) in [7, 11) is 1.64. The van der Waals surface area contributed by atoms with Crippen LogP contribution in [0.15, 0.2) is 24.5 Å². The first-order valence-corrected chi connectivity index (χ1v) is 4.63. The van der Waals surface area contributed by atoms with Crippen LogP contribution in [0.1, 0.15) is 12.0 Å². The first kappa shape index (κ1) is 10.7. The molecule has 0 aliphatic rings. The lowest BCUT2D eigenvalue weighted by atomic mass is 10.3. The number of rotatable bonds is 5.